The first kappa shape index (κ1) is 32.2. The number of thiocarbonyl (C=S) groups is 2. The SMILES string of the molecule is CCCCCCN(C(=S)[S-])c1ccccc1.CCCCCCN(C(=S)[S-])c1ccccc1.[Cu+2]. The molecule has 33 heavy (non-hydrogen) atoms. The fourth-order valence-corrected chi connectivity index (χ4v) is 4.05. The second-order valence-electron chi connectivity index (χ2n) is 7.63. The third kappa shape index (κ3) is 14.2. The quantitative estimate of drug-likeness (QED) is 0.111. The van der Waals surface area contributed by atoms with Crippen LogP contribution in [0.5, 0.6) is 0 Å². The van der Waals surface area contributed by atoms with Gasteiger partial charge in [0.1, 0.15) is 0 Å². The van der Waals surface area contributed by atoms with Crippen LogP contribution in [0, 0.1) is 0 Å². The van der Waals surface area contributed by atoms with Gasteiger partial charge in [-0.05, 0) is 37.1 Å². The van der Waals surface area contributed by atoms with Crippen LogP contribution in [-0.4, -0.2) is 21.7 Å². The molecule has 0 amide bonds. The molecule has 0 aliphatic carbocycles. The normalized spacial score (nSPS) is 9.76. The zero-order valence-electron chi connectivity index (χ0n) is 19.7. The smallest absolute Gasteiger partial charge is 0.411 e. The first-order valence-electron chi connectivity index (χ1n) is 11.6. The van der Waals surface area contributed by atoms with Gasteiger partial charge in [-0.15, -0.1) is 0 Å². The first-order valence-corrected chi connectivity index (χ1v) is 13.2. The molecule has 0 heterocycles. The Morgan fingerprint density at radius 2 is 0.939 bits per heavy atom. The number of unbranched alkanes of at least 4 members (excludes halogenated alkanes) is 6. The van der Waals surface area contributed by atoms with Crippen LogP contribution in [0.1, 0.15) is 65.2 Å². The van der Waals surface area contributed by atoms with Crippen molar-refractivity contribution in [2.75, 3.05) is 22.9 Å². The summed E-state index contributed by atoms with van der Waals surface area (Å²) >= 11 is 20.5. The van der Waals surface area contributed by atoms with Gasteiger partial charge in [0.15, 0.2) is 0 Å². The van der Waals surface area contributed by atoms with Gasteiger partial charge >= 0.3 is 17.1 Å². The molecule has 2 nitrogen and oxygen atoms in total. The summed E-state index contributed by atoms with van der Waals surface area (Å²) in [6.07, 6.45) is 9.88. The summed E-state index contributed by atoms with van der Waals surface area (Å²) in [5.41, 5.74) is 2.22. The Balaban J connectivity index is 0.000000602. The number of hydrogen-bond donors (Lipinski definition) is 0. The van der Waals surface area contributed by atoms with E-state index in [2.05, 4.69) is 38.1 Å². The molecule has 0 fully saturated rings. The fourth-order valence-electron chi connectivity index (χ4n) is 3.26. The molecule has 0 atom stereocenters. The molecule has 0 aromatic heterocycles. The van der Waals surface area contributed by atoms with E-state index in [4.69, 9.17) is 49.7 Å². The number of hydrogen-bond acceptors (Lipinski definition) is 4. The minimum atomic E-state index is 0. The summed E-state index contributed by atoms with van der Waals surface area (Å²) in [6.45, 7) is 6.30. The summed E-state index contributed by atoms with van der Waals surface area (Å²) in [6, 6.07) is 20.3. The molecule has 0 N–H and O–H groups in total. The summed E-state index contributed by atoms with van der Waals surface area (Å²) in [5.74, 6) is 0. The number of nitrogens with zero attached hydrogens (tertiary/aromatic N) is 2. The van der Waals surface area contributed by atoms with Crippen molar-refractivity contribution < 1.29 is 17.1 Å². The first-order chi connectivity index (χ1) is 15.5. The Morgan fingerprint density at radius 1 is 0.606 bits per heavy atom. The Morgan fingerprint density at radius 3 is 1.21 bits per heavy atom. The van der Waals surface area contributed by atoms with Crippen molar-refractivity contribution >= 4 is 69.7 Å². The largest absolute Gasteiger partial charge is 2.00 e. The Kier molecular flexibility index (Phi) is 20.0. The van der Waals surface area contributed by atoms with E-state index in [-0.39, 0.29) is 17.1 Å². The van der Waals surface area contributed by atoms with E-state index in [1.165, 1.54) is 38.5 Å². The van der Waals surface area contributed by atoms with Crippen molar-refractivity contribution in [3.05, 3.63) is 60.7 Å². The van der Waals surface area contributed by atoms with Gasteiger partial charge in [-0.3, -0.25) is 0 Å². The molecule has 7 heteroatoms. The Hall–Kier alpha value is -0.821. The molecule has 0 unspecified atom stereocenters. The van der Waals surface area contributed by atoms with Crippen LogP contribution in [0.3, 0.4) is 0 Å². The van der Waals surface area contributed by atoms with Gasteiger partial charge in [0.25, 0.3) is 0 Å². The van der Waals surface area contributed by atoms with Gasteiger partial charge in [-0.1, -0.05) is 97.4 Å². The van der Waals surface area contributed by atoms with Gasteiger partial charge in [-0.2, -0.15) is 0 Å². The van der Waals surface area contributed by atoms with Crippen LogP contribution in [0.25, 0.3) is 0 Å². The summed E-state index contributed by atoms with van der Waals surface area (Å²) < 4.78 is 1.09. The van der Waals surface area contributed by atoms with Crippen molar-refractivity contribution in [2.45, 2.75) is 65.2 Å². The summed E-state index contributed by atoms with van der Waals surface area (Å²) in [7, 11) is 0. The molecule has 2 aromatic rings. The summed E-state index contributed by atoms with van der Waals surface area (Å²) in [4.78, 5) is 4.08. The predicted octanol–water partition coefficient (Wildman–Crippen LogP) is 7.81. The average molecular weight is 568 g/mol. The van der Waals surface area contributed by atoms with Gasteiger partial charge < -0.3 is 59.5 Å². The van der Waals surface area contributed by atoms with Crippen molar-refractivity contribution in [1.29, 1.82) is 0 Å². The fraction of sp³-hybridized carbons (Fsp3) is 0.462. The molecule has 0 spiro atoms. The maximum absolute atomic E-state index is 5.12. The molecular weight excluding hydrogens is 532 g/mol. The molecule has 1 radical (unpaired) electrons. The van der Waals surface area contributed by atoms with Crippen molar-refractivity contribution in [1.82, 2.24) is 0 Å². The van der Waals surface area contributed by atoms with E-state index in [1.807, 2.05) is 46.2 Å². The summed E-state index contributed by atoms with van der Waals surface area (Å²) in [5, 5.41) is 0. The van der Waals surface area contributed by atoms with E-state index in [0.717, 1.165) is 37.3 Å². The zero-order valence-corrected chi connectivity index (χ0v) is 23.9. The van der Waals surface area contributed by atoms with E-state index >= 15 is 0 Å². The predicted molar refractivity (Wildman–Crippen MR) is 156 cm³/mol. The van der Waals surface area contributed by atoms with E-state index in [9.17, 15) is 0 Å². The van der Waals surface area contributed by atoms with Crippen molar-refractivity contribution in [3.63, 3.8) is 0 Å². The molecule has 185 valence electrons. The van der Waals surface area contributed by atoms with E-state index in [0.29, 0.717) is 8.64 Å². The van der Waals surface area contributed by atoms with Crippen LogP contribution >= 0.6 is 24.4 Å². The van der Waals surface area contributed by atoms with Crippen LogP contribution in [0.2, 0.25) is 0 Å². The van der Waals surface area contributed by atoms with Crippen molar-refractivity contribution in [2.24, 2.45) is 0 Å². The second kappa shape index (κ2) is 20.5. The number of benzene rings is 2. The number of rotatable bonds is 12. The van der Waals surface area contributed by atoms with Gasteiger partial charge in [0, 0.05) is 24.5 Å². The monoisotopic (exact) mass is 567 g/mol. The molecule has 0 saturated heterocycles. The van der Waals surface area contributed by atoms with Crippen LogP contribution in [0.4, 0.5) is 11.4 Å². The molecule has 0 bridgehead atoms. The van der Waals surface area contributed by atoms with Crippen molar-refractivity contribution in [3.8, 4) is 0 Å². The number of anilines is 2. The van der Waals surface area contributed by atoms with Gasteiger partial charge in [-0.25, -0.2) is 0 Å². The van der Waals surface area contributed by atoms with Crippen LogP contribution in [-0.2, 0) is 42.3 Å². The Bertz CT molecular complexity index is 694. The minimum Gasteiger partial charge on any atom is -0.411 e. The maximum Gasteiger partial charge on any atom is 2.00 e. The van der Waals surface area contributed by atoms with E-state index in [1.54, 1.807) is 0 Å². The third-order valence-corrected chi connectivity index (χ3v) is 5.93. The van der Waals surface area contributed by atoms with E-state index < -0.39 is 0 Å². The molecule has 2 rings (SSSR count). The molecular formula is C26H36CuN2S4. The second-order valence-corrected chi connectivity index (χ2v) is 9.69. The third-order valence-electron chi connectivity index (χ3n) is 5.05. The maximum atomic E-state index is 5.12. The topological polar surface area (TPSA) is 6.48 Å². The Labute approximate surface area is 234 Å². The standard InChI is InChI=1S/2C13H19NS2.Cu/c2*1-2-3-4-8-11-14(13(15)16)12-9-6-5-7-10-12;/h2*5-7,9-10H,2-4,8,11H2,1H3,(H,15,16);/q;;+2/p-2. The molecule has 0 aliphatic heterocycles. The molecule has 0 aliphatic rings. The van der Waals surface area contributed by atoms with Gasteiger partial charge in [0.05, 0.1) is 0 Å². The minimum absolute atomic E-state index is 0. The van der Waals surface area contributed by atoms with Crippen LogP contribution in [0.15, 0.2) is 60.7 Å². The molecule has 2 aromatic carbocycles. The molecule has 0 saturated carbocycles. The average Bonchev–Trinajstić information content (AvgIpc) is 2.80. The van der Waals surface area contributed by atoms with Gasteiger partial charge in [0.2, 0.25) is 0 Å². The zero-order chi connectivity index (χ0) is 23.6. The van der Waals surface area contributed by atoms with Crippen LogP contribution < -0.4 is 9.80 Å². The number of para-hydroxylation sites is 2.